The maximum atomic E-state index is 3.96. The molecule has 14 aromatic rings. The fourth-order valence-corrected chi connectivity index (χ4v) is 14.4. The van der Waals surface area contributed by atoms with Gasteiger partial charge in [-0.05, 0) is 158 Å². The summed E-state index contributed by atoms with van der Waals surface area (Å²) in [5.74, 6) is 0. The third-order valence-corrected chi connectivity index (χ3v) is 17.4. The van der Waals surface area contributed by atoms with Crippen LogP contribution < -0.4 is 0 Å². The molecule has 2 aliphatic carbocycles. The van der Waals surface area contributed by atoms with Crippen molar-refractivity contribution in [3.63, 3.8) is 0 Å². The largest absolute Gasteiger partial charge is 0.309 e. The lowest BCUT2D eigenvalue weighted by molar-refractivity contribution is 0.792. The monoisotopic (exact) mass is 982 g/mol. The van der Waals surface area contributed by atoms with Gasteiger partial charge in [0.25, 0.3) is 0 Å². The topological polar surface area (TPSA) is 9.86 Å². The lowest BCUT2D eigenvalue weighted by Crippen LogP contribution is -2.26. The van der Waals surface area contributed by atoms with Crippen molar-refractivity contribution in [3.8, 4) is 55.9 Å². The first-order chi connectivity index (χ1) is 35.1. The minimum absolute atomic E-state index is 0.407. The number of para-hydroxylation sites is 2. The van der Waals surface area contributed by atoms with E-state index in [1.807, 2.05) is 11.3 Å². The number of nitrogens with zero attached hydrogens (tertiary/aromatic N) is 2. The summed E-state index contributed by atoms with van der Waals surface area (Å²) in [6.07, 6.45) is 0. The molecule has 0 unspecified atom stereocenters. The predicted molar refractivity (Wildman–Crippen MR) is 303 cm³/mol. The van der Waals surface area contributed by atoms with Crippen LogP contribution >= 0.6 is 27.3 Å². The fourth-order valence-electron chi connectivity index (χ4n) is 12.9. The second kappa shape index (κ2) is 14.6. The van der Waals surface area contributed by atoms with Gasteiger partial charge in [-0.15, -0.1) is 11.3 Å². The van der Waals surface area contributed by atoms with Gasteiger partial charge in [0.1, 0.15) is 0 Å². The smallest absolute Gasteiger partial charge is 0.0726 e. The summed E-state index contributed by atoms with van der Waals surface area (Å²) >= 11 is 5.83. The van der Waals surface area contributed by atoms with Crippen molar-refractivity contribution >= 4 is 91.1 Å². The summed E-state index contributed by atoms with van der Waals surface area (Å²) in [4.78, 5) is 0. The molecule has 1 spiro atoms. The molecule has 3 heterocycles. The first kappa shape index (κ1) is 39.6. The van der Waals surface area contributed by atoms with Gasteiger partial charge in [-0.3, -0.25) is 0 Å². The van der Waals surface area contributed by atoms with Gasteiger partial charge in [-0.25, -0.2) is 0 Å². The molecule has 71 heavy (non-hydrogen) atoms. The number of hydrogen-bond acceptors (Lipinski definition) is 1. The molecule has 0 bridgehead atoms. The molecule has 3 aromatic heterocycles. The molecule has 0 radical (unpaired) electrons. The molecule has 0 aliphatic heterocycles. The normalized spacial score (nSPS) is 13.3. The van der Waals surface area contributed by atoms with E-state index in [0.29, 0.717) is 0 Å². The van der Waals surface area contributed by atoms with E-state index in [9.17, 15) is 0 Å². The molecule has 330 valence electrons. The molecule has 4 heteroatoms. The zero-order valence-corrected chi connectivity index (χ0v) is 40.6. The number of benzene rings is 11. The number of halogens is 1. The Labute approximate surface area is 422 Å². The molecular formula is C67H39BrN2S. The van der Waals surface area contributed by atoms with Gasteiger partial charge in [0.05, 0.1) is 27.5 Å². The van der Waals surface area contributed by atoms with Crippen LogP contribution in [0.3, 0.4) is 0 Å². The average Bonchev–Trinajstić information content (AvgIpc) is 4.21. The van der Waals surface area contributed by atoms with E-state index in [1.54, 1.807) is 0 Å². The lowest BCUT2D eigenvalue weighted by atomic mass is 9.70. The minimum atomic E-state index is -0.407. The Morgan fingerprint density at radius 1 is 0.296 bits per heavy atom. The Balaban J connectivity index is 0.827. The van der Waals surface area contributed by atoms with Crippen LogP contribution in [-0.4, -0.2) is 9.13 Å². The van der Waals surface area contributed by atoms with Crippen LogP contribution in [0.1, 0.15) is 22.3 Å². The minimum Gasteiger partial charge on any atom is -0.309 e. The van der Waals surface area contributed by atoms with Crippen molar-refractivity contribution < 1.29 is 0 Å². The van der Waals surface area contributed by atoms with Gasteiger partial charge in [0.15, 0.2) is 0 Å². The number of rotatable bonds is 4. The molecular weight excluding hydrogens is 945 g/mol. The molecule has 0 saturated heterocycles. The first-order valence-corrected chi connectivity index (χ1v) is 25.9. The SMILES string of the molecule is Brc1cc(-c2ccc3c(c2)c2ccccc2n3-c2ccc3c(c2)C2(c4ccccc4-c4ccccc42)c2ccccc2-3)cc(-c2ccc3c(c2)c2ccccc2n3-c2ccc3sc4ccccc4c3c2)c1. The highest BCUT2D eigenvalue weighted by molar-refractivity contribution is 9.10. The highest BCUT2D eigenvalue weighted by Gasteiger charge is 2.51. The summed E-state index contributed by atoms with van der Waals surface area (Å²) in [7, 11) is 0. The zero-order valence-electron chi connectivity index (χ0n) is 38.2. The molecule has 2 nitrogen and oxygen atoms in total. The fraction of sp³-hybridized carbons (Fsp3) is 0.0149. The van der Waals surface area contributed by atoms with E-state index >= 15 is 0 Å². The Bertz CT molecular complexity index is 4560. The summed E-state index contributed by atoms with van der Waals surface area (Å²) in [5, 5.41) is 7.58. The summed E-state index contributed by atoms with van der Waals surface area (Å²) in [6.45, 7) is 0. The molecule has 0 fully saturated rings. The third kappa shape index (κ3) is 5.41. The van der Waals surface area contributed by atoms with Crippen molar-refractivity contribution in [2.45, 2.75) is 5.41 Å². The van der Waals surface area contributed by atoms with Gasteiger partial charge in [-0.1, -0.05) is 162 Å². The van der Waals surface area contributed by atoms with Crippen molar-refractivity contribution in [2.24, 2.45) is 0 Å². The van der Waals surface area contributed by atoms with E-state index in [4.69, 9.17) is 0 Å². The van der Waals surface area contributed by atoms with Crippen LogP contribution in [-0.2, 0) is 5.41 Å². The van der Waals surface area contributed by atoms with E-state index in [-0.39, 0.29) is 0 Å². The van der Waals surface area contributed by atoms with Gasteiger partial charge in [0, 0.05) is 57.6 Å². The third-order valence-electron chi connectivity index (χ3n) is 15.8. The summed E-state index contributed by atoms with van der Waals surface area (Å²) < 4.78 is 8.61. The van der Waals surface area contributed by atoms with Gasteiger partial charge in [-0.2, -0.15) is 0 Å². The molecule has 0 N–H and O–H groups in total. The average molecular weight is 984 g/mol. The number of hydrogen-bond donors (Lipinski definition) is 0. The molecule has 0 atom stereocenters. The Kier molecular flexibility index (Phi) is 8.15. The maximum Gasteiger partial charge on any atom is 0.0726 e. The van der Waals surface area contributed by atoms with Gasteiger partial charge in [0.2, 0.25) is 0 Å². The first-order valence-electron chi connectivity index (χ1n) is 24.3. The molecule has 2 aliphatic rings. The van der Waals surface area contributed by atoms with Crippen LogP contribution in [0.4, 0.5) is 0 Å². The highest BCUT2D eigenvalue weighted by Crippen LogP contribution is 2.63. The predicted octanol–water partition coefficient (Wildman–Crippen LogP) is 18.7. The Morgan fingerprint density at radius 2 is 0.746 bits per heavy atom. The highest BCUT2D eigenvalue weighted by atomic mass is 79.9. The second-order valence-corrected chi connectivity index (χ2v) is 21.3. The van der Waals surface area contributed by atoms with E-state index in [0.717, 1.165) is 4.47 Å². The summed E-state index contributed by atoms with van der Waals surface area (Å²) in [6, 6.07) is 88.7. The zero-order chi connectivity index (χ0) is 46.5. The van der Waals surface area contributed by atoms with Crippen molar-refractivity contribution in [2.75, 3.05) is 0 Å². The van der Waals surface area contributed by atoms with Crippen LogP contribution in [0.5, 0.6) is 0 Å². The quantitative estimate of drug-likeness (QED) is 0.166. The number of fused-ring (bicyclic) bond motifs is 19. The summed E-state index contributed by atoms with van der Waals surface area (Å²) in [5.41, 5.74) is 22.1. The van der Waals surface area contributed by atoms with Crippen molar-refractivity contribution in [1.29, 1.82) is 0 Å². The van der Waals surface area contributed by atoms with Crippen LogP contribution in [0.25, 0.3) is 120 Å². The standard InChI is InChI=1S/C67H39BrN2S/c68-44-34-42(40-25-30-63-54(36-40)51-16-4-10-22-61(51)69(63)45-28-32-66-56(38-45)53-18-6-12-24-65(53)71-66)33-43(35-44)41-26-31-64-55(37-41)52-17-5-11-23-62(52)70(64)46-27-29-50-49-15-3-9-21-59(49)67(60(50)39-46)57-19-7-1-13-47(57)48-14-2-8-20-58(48)67/h1-39H. The number of aromatic nitrogens is 2. The number of thiophene rings is 1. The van der Waals surface area contributed by atoms with Gasteiger partial charge >= 0.3 is 0 Å². The van der Waals surface area contributed by atoms with Crippen molar-refractivity contribution in [1.82, 2.24) is 9.13 Å². The van der Waals surface area contributed by atoms with Crippen LogP contribution in [0, 0.1) is 0 Å². The van der Waals surface area contributed by atoms with E-state index in [2.05, 4.69) is 262 Å². The van der Waals surface area contributed by atoms with Crippen LogP contribution in [0.15, 0.2) is 241 Å². The molecule has 0 saturated carbocycles. The van der Waals surface area contributed by atoms with Crippen molar-refractivity contribution in [3.05, 3.63) is 263 Å². The van der Waals surface area contributed by atoms with E-state index < -0.39 is 5.41 Å². The Hall–Kier alpha value is -8.28. The van der Waals surface area contributed by atoms with E-state index in [1.165, 1.54) is 142 Å². The van der Waals surface area contributed by atoms with Crippen LogP contribution in [0.2, 0.25) is 0 Å². The molecule has 16 rings (SSSR count). The molecule has 11 aromatic carbocycles. The maximum absolute atomic E-state index is 3.96. The second-order valence-electron chi connectivity index (χ2n) is 19.3. The Morgan fingerprint density at radius 3 is 1.34 bits per heavy atom. The van der Waals surface area contributed by atoms with Gasteiger partial charge < -0.3 is 9.13 Å². The lowest BCUT2D eigenvalue weighted by Gasteiger charge is -2.30. The molecule has 0 amide bonds.